The standard InChI is InChI=1S/C6H16ClFSi2/c1-6(9(2)8)10(3,4)5-7/h6,9H,5H2,1-4H3. The fourth-order valence-corrected chi connectivity index (χ4v) is 7.49. The Morgan fingerprint density at radius 2 is 2.00 bits per heavy atom. The van der Waals surface area contributed by atoms with E-state index in [1.54, 1.807) is 6.55 Å². The van der Waals surface area contributed by atoms with Crippen LogP contribution in [-0.4, -0.2) is 22.7 Å². The third-order valence-corrected chi connectivity index (χ3v) is 12.9. The molecule has 62 valence electrons. The molecule has 0 N–H and O–H groups in total. The highest BCUT2D eigenvalue weighted by Gasteiger charge is 2.32. The molecule has 2 atom stereocenters. The number of alkyl halides is 1. The lowest BCUT2D eigenvalue weighted by molar-refractivity contribution is 0.814. The SMILES string of the molecule is CC([SiH](C)F)[Si](C)(C)CCl. The molecule has 0 aliphatic carbocycles. The maximum Gasteiger partial charge on any atom is 0.229 e. The summed E-state index contributed by atoms with van der Waals surface area (Å²) in [6.07, 6.45) is 0. The summed E-state index contributed by atoms with van der Waals surface area (Å²) in [5.74, 6) is 0. The predicted molar refractivity (Wildman–Crippen MR) is 51.7 cm³/mol. The van der Waals surface area contributed by atoms with Crippen LogP contribution in [0.4, 0.5) is 4.11 Å². The van der Waals surface area contributed by atoms with Gasteiger partial charge in [0.05, 0.1) is 8.07 Å². The van der Waals surface area contributed by atoms with Crippen LogP contribution in [0, 0.1) is 0 Å². The maximum atomic E-state index is 12.9. The molecule has 0 bridgehead atoms. The van der Waals surface area contributed by atoms with E-state index in [2.05, 4.69) is 13.1 Å². The van der Waals surface area contributed by atoms with Gasteiger partial charge in [0, 0.05) is 5.50 Å². The topological polar surface area (TPSA) is 0 Å². The Kier molecular flexibility index (Phi) is 4.13. The van der Waals surface area contributed by atoms with Crippen LogP contribution in [0.1, 0.15) is 6.92 Å². The predicted octanol–water partition coefficient (Wildman–Crippen LogP) is 2.73. The second-order valence-electron chi connectivity index (χ2n) is 3.59. The first-order valence-corrected chi connectivity index (χ1v) is 9.69. The minimum atomic E-state index is -1.93. The minimum absolute atomic E-state index is 0.310. The fraction of sp³-hybridized carbons (Fsp3) is 1.00. The number of halogens is 2. The van der Waals surface area contributed by atoms with E-state index in [-0.39, 0.29) is 0 Å². The zero-order chi connectivity index (χ0) is 8.36. The highest BCUT2D eigenvalue weighted by Crippen LogP contribution is 2.25. The Morgan fingerprint density at radius 3 is 2.10 bits per heavy atom. The molecule has 0 aliphatic rings. The average Bonchev–Trinajstić information content (AvgIpc) is 1.86. The van der Waals surface area contributed by atoms with Crippen molar-refractivity contribution in [2.24, 2.45) is 0 Å². The number of hydrogen-bond acceptors (Lipinski definition) is 0. The zero-order valence-electron chi connectivity index (χ0n) is 7.12. The van der Waals surface area contributed by atoms with Crippen molar-refractivity contribution in [1.82, 2.24) is 0 Å². The summed E-state index contributed by atoms with van der Waals surface area (Å²) in [6, 6.07) is 0. The molecule has 0 saturated carbocycles. The molecule has 0 aromatic rings. The molecule has 0 spiro atoms. The second-order valence-corrected chi connectivity index (χ2v) is 12.6. The summed E-state index contributed by atoms with van der Waals surface area (Å²) >= 11 is 5.75. The summed E-state index contributed by atoms with van der Waals surface area (Å²) in [5.41, 5.74) is 0.690. The van der Waals surface area contributed by atoms with Gasteiger partial charge in [0.15, 0.2) is 0 Å². The van der Waals surface area contributed by atoms with Gasteiger partial charge in [0.2, 0.25) is 9.13 Å². The van der Waals surface area contributed by atoms with Crippen molar-refractivity contribution < 1.29 is 4.11 Å². The van der Waals surface area contributed by atoms with Gasteiger partial charge in [-0.1, -0.05) is 20.0 Å². The highest BCUT2D eigenvalue weighted by atomic mass is 35.5. The van der Waals surface area contributed by atoms with Crippen molar-refractivity contribution in [2.45, 2.75) is 31.7 Å². The molecule has 0 aromatic carbocycles. The molecule has 0 nitrogen and oxygen atoms in total. The third-order valence-electron chi connectivity index (χ3n) is 2.27. The zero-order valence-corrected chi connectivity index (χ0v) is 10.0. The molecule has 0 heterocycles. The minimum Gasteiger partial charge on any atom is -0.319 e. The van der Waals surface area contributed by atoms with Crippen molar-refractivity contribution in [2.75, 3.05) is 5.50 Å². The van der Waals surface area contributed by atoms with E-state index in [1.807, 2.05) is 6.92 Å². The van der Waals surface area contributed by atoms with E-state index < -0.39 is 17.2 Å². The normalized spacial score (nSPS) is 18.6. The van der Waals surface area contributed by atoms with Crippen LogP contribution in [0.3, 0.4) is 0 Å². The van der Waals surface area contributed by atoms with Gasteiger partial charge in [-0.25, -0.2) is 0 Å². The van der Waals surface area contributed by atoms with E-state index in [9.17, 15) is 4.11 Å². The van der Waals surface area contributed by atoms with E-state index in [4.69, 9.17) is 11.6 Å². The van der Waals surface area contributed by atoms with Gasteiger partial charge in [0.1, 0.15) is 0 Å². The van der Waals surface area contributed by atoms with Gasteiger partial charge in [0.25, 0.3) is 0 Å². The monoisotopic (exact) mass is 198 g/mol. The van der Waals surface area contributed by atoms with Crippen molar-refractivity contribution in [3.8, 4) is 0 Å². The van der Waals surface area contributed by atoms with Crippen LogP contribution in [-0.2, 0) is 0 Å². The summed E-state index contributed by atoms with van der Waals surface area (Å²) < 4.78 is 12.9. The van der Waals surface area contributed by atoms with Crippen LogP contribution in [0.15, 0.2) is 0 Å². The molecular formula is C6H16ClFSi2. The van der Waals surface area contributed by atoms with Gasteiger partial charge in [-0.3, -0.25) is 0 Å². The first kappa shape index (κ1) is 10.7. The third kappa shape index (κ3) is 2.72. The Hall–Kier alpha value is 0.654. The van der Waals surface area contributed by atoms with Crippen LogP contribution in [0.5, 0.6) is 0 Å². The Bertz CT molecular complexity index is 106. The lowest BCUT2D eigenvalue weighted by Gasteiger charge is -2.27. The molecule has 0 aromatic heterocycles. The average molecular weight is 199 g/mol. The van der Waals surface area contributed by atoms with Crippen molar-refractivity contribution >= 4 is 28.8 Å². The largest absolute Gasteiger partial charge is 0.319 e. The molecule has 0 radical (unpaired) electrons. The smallest absolute Gasteiger partial charge is 0.229 e. The molecule has 10 heavy (non-hydrogen) atoms. The van der Waals surface area contributed by atoms with Crippen LogP contribution in [0.2, 0.25) is 24.8 Å². The summed E-state index contributed by atoms with van der Waals surface area (Å²) in [7, 11) is -3.32. The van der Waals surface area contributed by atoms with Gasteiger partial charge in [-0.2, -0.15) is 0 Å². The summed E-state index contributed by atoms with van der Waals surface area (Å²) in [6.45, 7) is 8.10. The number of hydrogen-bond donors (Lipinski definition) is 0. The van der Waals surface area contributed by atoms with Crippen LogP contribution >= 0.6 is 11.6 Å². The summed E-state index contributed by atoms with van der Waals surface area (Å²) in [5, 5.41) is 0.310. The lowest BCUT2D eigenvalue weighted by Crippen LogP contribution is -2.39. The Labute approximate surface area is 70.6 Å². The molecule has 0 amide bonds. The van der Waals surface area contributed by atoms with E-state index in [0.29, 0.717) is 10.7 Å². The second kappa shape index (κ2) is 3.88. The van der Waals surface area contributed by atoms with Crippen molar-refractivity contribution in [3.63, 3.8) is 0 Å². The Balaban J connectivity index is 4.03. The molecule has 4 heteroatoms. The van der Waals surface area contributed by atoms with Gasteiger partial charge >= 0.3 is 0 Å². The van der Waals surface area contributed by atoms with Crippen LogP contribution in [0.25, 0.3) is 0 Å². The van der Waals surface area contributed by atoms with Gasteiger partial charge in [-0.05, 0) is 11.7 Å². The molecule has 0 rings (SSSR count). The molecule has 2 unspecified atom stereocenters. The molecule has 0 fully saturated rings. The number of rotatable bonds is 3. The van der Waals surface area contributed by atoms with Gasteiger partial charge in [-0.15, -0.1) is 11.6 Å². The van der Waals surface area contributed by atoms with Crippen LogP contribution < -0.4 is 0 Å². The van der Waals surface area contributed by atoms with Crippen molar-refractivity contribution in [1.29, 1.82) is 0 Å². The first-order chi connectivity index (χ1) is 4.41. The molecule has 0 aliphatic heterocycles. The van der Waals surface area contributed by atoms with E-state index in [0.717, 1.165) is 0 Å². The fourth-order valence-electron chi connectivity index (χ4n) is 0.743. The maximum absolute atomic E-state index is 12.9. The van der Waals surface area contributed by atoms with Crippen molar-refractivity contribution in [3.05, 3.63) is 0 Å². The van der Waals surface area contributed by atoms with Gasteiger partial charge < -0.3 is 4.11 Å². The lowest BCUT2D eigenvalue weighted by atomic mass is 10.9. The van der Waals surface area contributed by atoms with E-state index >= 15 is 0 Å². The van der Waals surface area contributed by atoms with E-state index in [1.165, 1.54) is 0 Å². The molecule has 0 saturated heterocycles. The first-order valence-electron chi connectivity index (χ1n) is 3.62. The summed E-state index contributed by atoms with van der Waals surface area (Å²) in [4.78, 5) is 0. The Morgan fingerprint density at radius 1 is 1.60 bits per heavy atom. The highest BCUT2D eigenvalue weighted by molar-refractivity contribution is 6.92. The quantitative estimate of drug-likeness (QED) is 0.372. The molecular weight excluding hydrogens is 183 g/mol.